The molecule has 1 aromatic heterocycles. The fourth-order valence-electron chi connectivity index (χ4n) is 7.40. The molecule has 4 aliphatic carbocycles. The monoisotopic (exact) mass is 545 g/mol. The van der Waals surface area contributed by atoms with Crippen LogP contribution < -0.4 is 5.32 Å². The third kappa shape index (κ3) is 4.98. The smallest absolute Gasteiger partial charge is 0.229 e. The average Bonchev–Trinajstić information content (AvgIpc) is 2.85. The van der Waals surface area contributed by atoms with Gasteiger partial charge in [0.1, 0.15) is 0 Å². The van der Waals surface area contributed by atoms with Crippen LogP contribution in [0.2, 0.25) is 0 Å². The van der Waals surface area contributed by atoms with E-state index in [4.69, 9.17) is 9.97 Å². The quantitative estimate of drug-likeness (QED) is 0.363. The van der Waals surface area contributed by atoms with Crippen molar-refractivity contribution in [3.63, 3.8) is 0 Å². The van der Waals surface area contributed by atoms with Crippen LogP contribution in [0.3, 0.4) is 0 Å². The zero-order chi connectivity index (χ0) is 24.7. The number of benzene rings is 2. The summed E-state index contributed by atoms with van der Waals surface area (Å²) >= 11 is 3.45. The highest BCUT2D eigenvalue weighted by Crippen LogP contribution is 2.61. The second-order valence-corrected chi connectivity index (χ2v) is 12.3. The number of amides is 1. The minimum atomic E-state index is -0.0709. The van der Waals surface area contributed by atoms with Gasteiger partial charge < -0.3 is 10.4 Å². The molecule has 186 valence electrons. The number of anilines is 1. The molecule has 3 aromatic rings. The highest BCUT2D eigenvalue weighted by molar-refractivity contribution is 9.10. The predicted octanol–water partition coefficient (Wildman–Crippen LogP) is 6.34. The summed E-state index contributed by atoms with van der Waals surface area (Å²) in [5.74, 6) is 3.10. The lowest BCUT2D eigenvalue weighted by molar-refractivity contribution is -0.115. The maximum absolute atomic E-state index is 13.0. The Bertz CT molecular complexity index is 1220. The SMILES string of the molecule is O=C(Cc1ccc(Br)cc1)Nc1ncc(-c2ccc(CO)cc2)nc1CC12CC3CC(CC(C3)C1)C2. The number of hydrogen-bond donors (Lipinski definition) is 2. The lowest BCUT2D eigenvalue weighted by atomic mass is 9.48. The first-order chi connectivity index (χ1) is 17.5. The fraction of sp³-hybridized carbons (Fsp3) is 0.433. The van der Waals surface area contributed by atoms with Crippen LogP contribution in [0, 0.1) is 23.2 Å². The van der Waals surface area contributed by atoms with E-state index < -0.39 is 0 Å². The Labute approximate surface area is 220 Å². The first kappa shape index (κ1) is 23.8. The Hall–Kier alpha value is -2.57. The van der Waals surface area contributed by atoms with Crippen LogP contribution in [0.4, 0.5) is 5.82 Å². The van der Waals surface area contributed by atoms with Gasteiger partial charge in [-0.3, -0.25) is 4.79 Å². The summed E-state index contributed by atoms with van der Waals surface area (Å²) in [6.45, 7) is 0.0204. The van der Waals surface area contributed by atoms with E-state index in [1.807, 2.05) is 48.5 Å². The van der Waals surface area contributed by atoms with Gasteiger partial charge in [-0.2, -0.15) is 0 Å². The fourth-order valence-corrected chi connectivity index (χ4v) is 7.67. The van der Waals surface area contributed by atoms with Crippen molar-refractivity contribution in [1.29, 1.82) is 0 Å². The molecule has 6 heteroatoms. The van der Waals surface area contributed by atoms with Crippen molar-refractivity contribution in [3.05, 3.63) is 76.0 Å². The number of halogens is 1. The molecule has 4 saturated carbocycles. The molecule has 0 radical (unpaired) electrons. The summed E-state index contributed by atoms with van der Waals surface area (Å²) < 4.78 is 0.998. The molecule has 2 aromatic carbocycles. The number of aliphatic hydroxyl groups excluding tert-OH is 1. The van der Waals surface area contributed by atoms with E-state index in [1.54, 1.807) is 6.20 Å². The van der Waals surface area contributed by atoms with E-state index in [2.05, 4.69) is 21.2 Å². The van der Waals surface area contributed by atoms with E-state index in [-0.39, 0.29) is 17.9 Å². The van der Waals surface area contributed by atoms with Gasteiger partial charge in [0, 0.05) is 10.0 Å². The van der Waals surface area contributed by atoms with Gasteiger partial charge in [0.15, 0.2) is 5.82 Å². The molecule has 0 unspecified atom stereocenters. The standard InChI is InChI=1S/C30H32BrN3O2/c31-25-7-3-19(4-8-25)12-28(36)34-29-26(16-30-13-21-9-22(14-30)11-23(10-21)15-30)33-27(17-32-29)24-5-1-20(18-35)2-6-24/h1-8,17,21-23,35H,9-16,18H2,(H,32,34,36). The average molecular weight is 547 g/mol. The van der Waals surface area contributed by atoms with Crippen LogP contribution in [0.15, 0.2) is 59.2 Å². The largest absolute Gasteiger partial charge is 0.392 e. The topological polar surface area (TPSA) is 75.1 Å². The number of aliphatic hydroxyl groups is 1. The lowest BCUT2D eigenvalue weighted by Crippen LogP contribution is -2.47. The Kier molecular flexibility index (Phi) is 6.42. The zero-order valence-electron chi connectivity index (χ0n) is 20.4. The molecule has 4 bridgehead atoms. The van der Waals surface area contributed by atoms with Crippen molar-refractivity contribution >= 4 is 27.7 Å². The van der Waals surface area contributed by atoms with E-state index >= 15 is 0 Å². The first-order valence-electron chi connectivity index (χ1n) is 13.1. The van der Waals surface area contributed by atoms with Gasteiger partial charge in [-0.15, -0.1) is 0 Å². The second kappa shape index (κ2) is 9.71. The van der Waals surface area contributed by atoms with Crippen molar-refractivity contribution in [2.45, 2.75) is 58.0 Å². The summed E-state index contributed by atoms with van der Waals surface area (Å²) in [7, 11) is 0. The number of carbonyl (C=O) groups is 1. The number of rotatable bonds is 7. The van der Waals surface area contributed by atoms with Crippen molar-refractivity contribution in [1.82, 2.24) is 9.97 Å². The summed E-state index contributed by atoms with van der Waals surface area (Å²) in [5, 5.41) is 12.5. The van der Waals surface area contributed by atoms with E-state index in [0.717, 1.165) is 56.7 Å². The van der Waals surface area contributed by atoms with Gasteiger partial charge in [-0.1, -0.05) is 52.3 Å². The first-order valence-corrected chi connectivity index (χ1v) is 13.9. The van der Waals surface area contributed by atoms with Gasteiger partial charge in [-0.05, 0) is 91.4 Å². The summed E-state index contributed by atoms with van der Waals surface area (Å²) in [4.78, 5) is 22.8. The maximum Gasteiger partial charge on any atom is 0.229 e. The van der Waals surface area contributed by atoms with E-state index in [9.17, 15) is 9.90 Å². The number of hydrogen-bond acceptors (Lipinski definition) is 4. The zero-order valence-corrected chi connectivity index (χ0v) is 22.0. The number of aromatic nitrogens is 2. The third-order valence-electron chi connectivity index (χ3n) is 8.52. The van der Waals surface area contributed by atoms with Gasteiger partial charge in [0.25, 0.3) is 0 Å². The Morgan fingerprint density at radius 3 is 2.17 bits per heavy atom. The van der Waals surface area contributed by atoms with E-state index in [1.165, 1.54) is 38.5 Å². The second-order valence-electron chi connectivity index (χ2n) is 11.4. The minimum absolute atomic E-state index is 0.0204. The number of nitrogens with zero attached hydrogens (tertiary/aromatic N) is 2. The Morgan fingerprint density at radius 2 is 1.56 bits per heavy atom. The molecular formula is C30H32BrN3O2. The van der Waals surface area contributed by atoms with Crippen LogP contribution in [-0.2, 0) is 24.2 Å². The molecule has 7 rings (SSSR count). The molecule has 0 saturated heterocycles. The molecule has 0 aliphatic heterocycles. The number of carbonyl (C=O) groups excluding carboxylic acids is 1. The van der Waals surface area contributed by atoms with Crippen molar-refractivity contribution in [2.75, 3.05) is 5.32 Å². The maximum atomic E-state index is 13.0. The molecule has 0 spiro atoms. The van der Waals surface area contributed by atoms with Crippen molar-refractivity contribution < 1.29 is 9.90 Å². The Balaban J connectivity index is 1.29. The van der Waals surface area contributed by atoms with Crippen LogP contribution in [0.1, 0.15) is 55.3 Å². The predicted molar refractivity (Wildman–Crippen MR) is 144 cm³/mol. The summed E-state index contributed by atoms with van der Waals surface area (Å²) in [6.07, 6.45) is 11.0. The molecule has 1 heterocycles. The molecule has 5 nitrogen and oxygen atoms in total. The Morgan fingerprint density at radius 1 is 0.944 bits per heavy atom. The van der Waals surface area contributed by atoms with Crippen molar-refractivity contribution in [2.24, 2.45) is 23.2 Å². The third-order valence-corrected chi connectivity index (χ3v) is 9.05. The highest BCUT2D eigenvalue weighted by Gasteiger charge is 2.51. The molecular weight excluding hydrogens is 514 g/mol. The lowest BCUT2D eigenvalue weighted by Gasteiger charge is -2.57. The minimum Gasteiger partial charge on any atom is -0.392 e. The molecule has 4 fully saturated rings. The van der Waals surface area contributed by atoms with Crippen LogP contribution >= 0.6 is 15.9 Å². The normalized spacial score (nSPS) is 26.2. The molecule has 36 heavy (non-hydrogen) atoms. The molecule has 1 amide bonds. The van der Waals surface area contributed by atoms with Gasteiger partial charge >= 0.3 is 0 Å². The molecule has 0 atom stereocenters. The van der Waals surface area contributed by atoms with Crippen LogP contribution in [0.5, 0.6) is 0 Å². The van der Waals surface area contributed by atoms with Crippen molar-refractivity contribution in [3.8, 4) is 11.3 Å². The highest BCUT2D eigenvalue weighted by atomic mass is 79.9. The van der Waals surface area contributed by atoms with Crippen LogP contribution in [-0.4, -0.2) is 21.0 Å². The van der Waals surface area contributed by atoms with Crippen LogP contribution in [0.25, 0.3) is 11.3 Å². The number of nitrogens with one attached hydrogen (secondary N) is 1. The summed E-state index contributed by atoms with van der Waals surface area (Å²) in [6, 6.07) is 15.6. The molecule has 4 aliphatic rings. The summed E-state index contributed by atoms with van der Waals surface area (Å²) in [5.41, 5.74) is 4.81. The van der Waals surface area contributed by atoms with Gasteiger partial charge in [0.2, 0.25) is 5.91 Å². The van der Waals surface area contributed by atoms with E-state index in [0.29, 0.717) is 12.2 Å². The van der Waals surface area contributed by atoms with Gasteiger partial charge in [-0.25, -0.2) is 9.97 Å². The van der Waals surface area contributed by atoms with Gasteiger partial charge in [0.05, 0.1) is 30.6 Å². The molecule has 2 N–H and O–H groups in total.